The van der Waals surface area contributed by atoms with Crippen molar-refractivity contribution in [3.05, 3.63) is 34.0 Å². The Morgan fingerprint density at radius 1 is 1.14 bits per heavy atom. The highest BCUT2D eigenvalue weighted by Gasteiger charge is 2.33. The number of aromatic nitrogens is 3. The zero-order valence-corrected chi connectivity index (χ0v) is 17.2. The molecule has 0 saturated carbocycles. The molecule has 4 rings (SSSR count). The zero-order valence-electron chi connectivity index (χ0n) is 16.4. The summed E-state index contributed by atoms with van der Waals surface area (Å²) in [5.41, 5.74) is 1.79. The van der Waals surface area contributed by atoms with Crippen LogP contribution in [-0.4, -0.2) is 52.8 Å². The van der Waals surface area contributed by atoms with Crippen LogP contribution in [-0.2, 0) is 12.6 Å². The summed E-state index contributed by atoms with van der Waals surface area (Å²) in [6.45, 7) is 4.97. The van der Waals surface area contributed by atoms with E-state index in [0.717, 1.165) is 74.5 Å². The molecule has 1 fully saturated rings. The average molecular weight is 426 g/mol. The molecular formula is C20H23ClF3N5. The normalized spacial score (nSPS) is 20.6. The van der Waals surface area contributed by atoms with Crippen molar-refractivity contribution in [3.8, 4) is 11.4 Å². The molecule has 1 saturated heterocycles. The van der Waals surface area contributed by atoms with E-state index in [0.29, 0.717) is 11.7 Å². The lowest BCUT2D eigenvalue weighted by atomic mass is 9.95. The maximum atomic E-state index is 12.9. The van der Waals surface area contributed by atoms with E-state index in [1.165, 1.54) is 0 Å². The van der Waals surface area contributed by atoms with E-state index in [1.54, 1.807) is 0 Å². The van der Waals surface area contributed by atoms with Crippen molar-refractivity contribution in [2.75, 3.05) is 31.6 Å². The molecule has 0 N–H and O–H groups in total. The minimum Gasteiger partial charge on any atom is -0.351 e. The van der Waals surface area contributed by atoms with Crippen molar-refractivity contribution >= 4 is 17.4 Å². The van der Waals surface area contributed by atoms with Gasteiger partial charge in [-0.3, -0.25) is 4.98 Å². The van der Waals surface area contributed by atoms with Gasteiger partial charge in [0.05, 0.1) is 10.6 Å². The summed E-state index contributed by atoms with van der Waals surface area (Å²) < 4.78 is 38.8. The van der Waals surface area contributed by atoms with Crippen molar-refractivity contribution in [2.24, 2.45) is 0 Å². The zero-order chi connectivity index (χ0) is 20.8. The van der Waals surface area contributed by atoms with Gasteiger partial charge in [0.1, 0.15) is 11.4 Å². The van der Waals surface area contributed by atoms with E-state index >= 15 is 0 Å². The van der Waals surface area contributed by atoms with Gasteiger partial charge in [0, 0.05) is 30.9 Å². The molecule has 2 aromatic rings. The second-order valence-corrected chi connectivity index (χ2v) is 8.29. The van der Waals surface area contributed by atoms with E-state index < -0.39 is 11.7 Å². The number of likely N-dealkylation sites (N-methyl/N-ethyl adjacent to an activating group) is 1. The molecule has 29 heavy (non-hydrogen) atoms. The van der Waals surface area contributed by atoms with Crippen LogP contribution in [0.5, 0.6) is 0 Å². The lowest BCUT2D eigenvalue weighted by Crippen LogP contribution is -2.49. The third-order valence-corrected chi connectivity index (χ3v) is 6.14. The Labute approximate surface area is 172 Å². The Hall–Kier alpha value is -1.93. The lowest BCUT2D eigenvalue weighted by Gasteiger charge is -2.41. The van der Waals surface area contributed by atoms with E-state index in [2.05, 4.69) is 32.0 Å². The lowest BCUT2D eigenvalue weighted by molar-refractivity contribution is -0.137. The molecule has 0 spiro atoms. The maximum absolute atomic E-state index is 12.9. The van der Waals surface area contributed by atoms with Crippen LogP contribution in [0, 0.1) is 6.92 Å². The summed E-state index contributed by atoms with van der Waals surface area (Å²) in [7, 11) is 2.13. The Morgan fingerprint density at radius 2 is 1.93 bits per heavy atom. The molecule has 156 valence electrons. The first-order valence-electron chi connectivity index (χ1n) is 9.80. The van der Waals surface area contributed by atoms with Crippen molar-refractivity contribution in [1.29, 1.82) is 0 Å². The molecule has 4 heterocycles. The summed E-state index contributed by atoms with van der Waals surface area (Å²) in [5, 5.41) is 8.76. The highest BCUT2D eigenvalue weighted by atomic mass is 35.5. The average Bonchev–Trinajstić information content (AvgIpc) is 2.68. The molecule has 2 aliphatic rings. The van der Waals surface area contributed by atoms with Gasteiger partial charge in [-0.05, 0) is 57.8 Å². The van der Waals surface area contributed by atoms with Crippen molar-refractivity contribution in [2.45, 2.75) is 44.8 Å². The predicted octanol–water partition coefficient (Wildman–Crippen LogP) is 4.37. The van der Waals surface area contributed by atoms with Crippen LogP contribution in [0.1, 0.15) is 36.0 Å². The second-order valence-electron chi connectivity index (χ2n) is 7.88. The molecule has 9 heteroatoms. The molecule has 0 radical (unpaired) electrons. The summed E-state index contributed by atoms with van der Waals surface area (Å²) in [6, 6.07) is 1.30. The van der Waals surface area contributed by atoms with Crippen molar-refractivity contribution in [1.82, 2.24) is 20.1 Å². The van der Waals surface area contributed by atoms with E-state index in [9.17, 15) is 13.2 Å². The number of rotatable bonds is 2. The molecule has 1 unspecified atom stereocenters. The van der Waals surface area contributed by atoms with Gasteiger partial charge in [0.15, 0.2) is 5.82 Å². The fourth-order valence-corrected chi connectivity index (χ4v) is 4.60. The van der Waals surface area contributed by atoms with E-state index in [4.69, 9.17) is 11.6 Å². The highest BCUT2D eigenvalue weighted by Crippen LogP contribution is 2.37. The smallest absolute Gasteiger partial charge is 0.351 e. The number of likely N-dealkylation sites (tertiary alicyclic amines) is 1. The van der Waals surface area contributed by atoms with Crippen LogP contribution >= 0.6 is 11.6 Å². The van der Waals surface area contributed by atoms with Crippen LogP contribution in [0.4, 0.5) is 19.0 Å². The Balaban J connectivity index is 1.70. The first kappa shape index (κ1) is 20.3. The van der Waals surface area contributed by atoms with Crippen LogP contribution in [0.25, 0.3) is 11.4 Å². The minimum absolute atomic E-state index is 0.0706. The first-order chi connectivity index (χ1) is 13.8. The quantitative estimate of drug-likeness (QED) is 0.715. The summed E-state index contributed by atoms with van der Waals surface area (Å²) >= 11 is 6.15. The fraction of sp³-hybridized carbons (Fsp3) is 0.550. The minimum atomic E-state index is -4.49. The molecule has 2 aliphatic heterocycles. The Kier molecular flexibility index (Phi) is 5.42. The number of hydrogen-bond donors (Lipinski definition) is 0. The van der Waals surface area contributed by atoms with Gasteiger partial charge in [0.25, 0.3) is 0 Å². The number of piperidine rings is 1. The molecule has 0 aromatic carbocycles. The molecule has 5 nitrogen and oxygen atoms in total. The van der Waals surface area contributed by atoms with Crippen LogP contribution in [0.15, 0.2) is 12.3 Å². The Bertz CT molecular complexity index is 918. The Morgan fingerprint density at radius 3 is 2.62 bits per heavy atom. The topological polar surface area (TPSA) is 45.2 Å². The number of halogens is 4. The summed E-state index contributed by atoms with van der Waals surface area (Å²) in [6.07, 6.45) is 0.459. The molecular weight excluding hydrogens is 403 g/mol. The van der Waals surface area contributed by atoms with Crippen LogP contribution < -0.4 is 4.90 Å². The molecule has 0 aliphatic carbocycles. The number of fused-ring (bicyclic) bond motifs is 1. The van der Waals surface area contributed by atoms with Crippen LogP contribution in [0.3, 0.4) is 0 Å². The second kappa shape index (κ2) is 7.72. The largest absolute Gasteiger partial charge is 0.417 e. The van der Waals surface area contributed by atoms with Crippen LogP contribution in [0.2, 0.25) is 5.02 Å². The van der Waals surface area contributed by atoms with Gasteiger partial charge in [0.2, 0.25) is 0 Å². The number of pyridine rings is 1. The SMILES string of the molecule is Cc1c(-c2ncc(C(F)(F)F)cc2Cl)nnc2c1CCCN2C1CCCN(C)C1. The summed E-state index contributed by atoms with van der Waals surface area (Å²) in [5.74, 6) is 0.890. The highest BCUT2D eigenvalue weighted by molar-refractivity contribution is 6.33. The standard InChI is InChI=1S/C20H23ClF3N5/c1-12-15-6-4-8-29(14-5-3-7-28(2)11-14)19(15)27-26-17(12)18-16(21)9-13(10-25-18)20(22,23)24/h9-10,14H,3-8,11H2,1-2H3. The number of anilines is 1. The van der Waals surface area contributed by atoms with Gasteiger partial charge in [-0.15, -0.1) is 10.2 Å². The van der Waals surface area contributed by atoms with Gasteiger partial charge in [-0.25, -0.2) is 0 Å². The number of alkyl halides is 3. The fourth-order valence-electron chi connectivity index (χ4n) is 4.35. The molecule has 1 atom stereocenters. The third-order valence-electron chi connectivity index (χ3n) is 5.85. The van der Waals surface area contributed by atoms with Gasteiger partial charge in [-0.2, -0.15) is 13.2 Å². The monoisotopic (exact) mass is 425 g/mol. The van der Waals surface area contributed by atoms with E-state index in [-0.39, 0.29) is 10.7 Å². The predicted molar refractivity (Wildman–Crippen MR) is 106 cm³/mol. The van der Waals surface area contributed by atoms with Gasteiger partial charge < -0.3 is 9.80 Å². The van der Waals surface area contributed by atoms with Crippen molar-refractivity contribution < 1.29 is 13.2 Å². The molecule has 0 bridgehead atoms. The van der Waals surface area contributed by atoms with Crippen molar-refractivity contribution in [3.63, 3.8) is 0 Å². The maximum Gasteiger partial charge on any atom is 0.417 e. The van der Waals surface area contributed by atoms with E-state index in [1.807, 2.05) is 6.92 Å². The third kappa shape index (κ3) is 3.92. The summed E-state index contributed by atoms with van der Waals surface area (Å²) in [4.78, 5) is 8.65. The molecule has 2 aromatic heterocycles. The first-order valence-corrected chi connectivity index (χ1v) is 10.2. The van der Waals surface area contributed by atoms with Gasteiger partial charge in [-0.1, -0.05) is 11.6 Å². The molecule has 0 amide bonds. The number of nitrogens with zero attached hydrogens (tertiary/aromatic N) is 5. The number of hydrogen-bond acceptors (Lipinski definition) is 5. The van der Waals surface area contributed by atoms with Gasteiger partial charge >= 0.3 is 6.18 Å².